The maximum Gasteiger partial charge on any atom is 0.309 e. The first kappa shape index (κ1) is 8.11. The number of nitrogens with one attached hydrogen (secondary N) is 1. The molecule has 1 fully saturated rings. The lowest BCUT2D eigenvalue weighted by molar-refractivity contribution is -0.147. The Morgan fingerprint density at radius 2 is 2.46 bits per heavy atom. The highest BCUT2D eigenvalue weighted by atomic mass is 16.4. The van der Waals surface area contributed by atoms with Crippen molar-refractivity contribution in [2.75, 3.05) is 13.1 Å². The number of rotatable bonds is 3. The predicted octanol–water partition coefficient (Wildman–Crippen LogP) is -1.28. The number of hydrogen-bond donors (Lipinski definition) is 2. The zero-order valence-electron chi connectivity index (χ0n) is 6.84. The summed E-state index contributed by atoms with van der Waals surface area (Å²) in [6.07, 6.45) is 0. The number of aliphatic carboxylic acids is 1. The normalized spacial score (nSPS) is 18.5. The zero-order valence-corrected chi connectivity index (χ0v) is 6.84. The van der Waals surface area contributed by atoms with Crippen LogP contribution in [0.5, 0.6) is 0 Å². The second kappa shape index (κ2) is 3.09. The number of tetrazole rings is 1. The summed E-state index contributed by atoms with van der Waals surface area (Å²) < 4.78 is 0. The van der Waals surface area contributed by atoms with Crippen molar-refractivity contribution >= 4 is 5.97 Å². The summed E-state index contributed by atoms with van der Waals surface area (Å²) >= 11 is 0. The first-order chi connectivity index (χ1) is 6.25. The van der Waals surface area contributed by atoms with Crippen LogP contribution in [-0.2, 0) is 11.3 Å². The van der Waals surface area contributed by atoms with Gasteiger partial charge in [-0.2, -0.15) is 5.21 Å². The topological polar surface area (TPSA) is 95.0 Å². The highest BCUT2D eigenvalue weighted by Gasteiger charge is 2.32. The number of hydrogen-bond acceptors (Lipinski definition) is 5. The molecular formula is C6H9N5O2. The van der Waals surface area contributed by atoms with E-state index in [4.69, 9.17) is 5.11 Å². The van der Waals surface area contributed by atoms with E-state index in [-0.39, 0.29) is 5.92 Å². The molecule has 0 atom stereocenters. The molecule has 1 aliphatic rings. The molecule has 7 heteroatoms. The summed E-state index contributed by atoms with van der Waals surface area (Å²) in [5.74, 6) is -0.361. The van der Waals surface area contributed by atoms with Crippen LogP contribution in [0.2, 0.25) is 0 Å². The van der Waals surface area contributed by atoms with Gasteiger partial charge in [0, 0.05) is 13.1 Å². The van der Waals surface area contributed by atoms with Gasteiger partial charge in [0.05, 0.1) is 12.5 Å². The van der Waals surface area contributed by atoms with E-state index in [0.29, 0.717) is 25.5 Å². The minimum Gasteiger partial charge on any atom is -0.481 e. The summed E-state index contributed by atoms with van der Waals surface area (Å²) in [6.45, 7) is 1.72. The monoisotopic (exact) mass is 183 g/mol. The molecule has 0 unspecified atom stereocenters. The maximum absolute atomic E-state index is 10.5. The van der Waals surface area contributed by atoms with Crippen LogP contribution in [0.25, 0.3) is 0 Å². The average Bonchev–Trinajstić information content (AvgIpc) is 2.46. The number of carbonyl (C=O) groups is 1. The molecule has 0 aromatic carbocycles. The molecule has 2 N–H and O–H groups in total. The number of nitrogens with zero attached hydrogens (tertiary/aromatic N) is 4. The number of carboxylic acids is 1. The first-order valence-electron chi connectivity index (χ1n) is 3.93. The van der Waals surface area contributed by atoms with Gasteiger partial charge >= 0.3 is 5.97 Å². The van der Waals surface area contributed by atoms with Crippen LogP contribution in [0.4, 0.5) is 0 Å². The molecule has 0 saturated carbocycles. The van der Waals surface area contributed by atoms with E-state index >= 15 is 0 Å². The largest absolute Gasteiger partial charge is 0.481 e. The summed E-state index contributed by atoms with van der Waals surface area (Å²) in [5.41, 5.74) is 0. The molecule has 70 valence electrons. The lowest BCUT2D eigenvalue weighted by atomic mass is 10.0. The van der Waals surface area contributed by atoms with Gasteiger partial charge in [0.2, 0.25) is 0 Å². The quantitative estimate of drug-likeness (QED) is 0.605. The molecule has 2 rings (SSSR count). The van der Waals surface area contributed by atoms with Crippen LogP contribution in [-0.4, -0.2) is 49.7 Å². The second-order valence-corrected chi connectivity index (χ2v) is 3.06. The molecular weight excluding hydrogens is 174 g/mol. The lowest BCUT2D eigenvalue weighted by Crippen LogP contribution is -2.49. The third-order valence-electron chi connectivity index (χ3n) is 2.06. The number of aromatic amines is 1. The van der Waals surface area contributed by atoms with Crippen molar-refractivity contribution in [2.45, 2.75) is 6.54 Å². The fraction of sp³-hybridized carbons (Fsp3) is 0.667. The molecule has 1 aromatic heterocycles. The van der Waals surface area contributed by atoms with Gasteiger partial charge in [0.1, 0.15) is 0 Å². The van der Waals surface area contributed by atoms with Crippen molar-refractivity contribution in [3.63, 3.8) is 0 Å². The lowest BCUT2D eigenvalue weighted by Gasteiger charge is -2.35. The Balaban J connectivity index is 1.79. The Hall–Kier alpha value is -1.50. The van der Waals surface area contributed by atoms with E-state index in [1.54, 1.807) is 0 Å². The van der Waals surface area contributed by atoms with Gasteiger partial charge in [-0.15, -0.1) is 10.2 Å². The van der Waals surface area contributed by atoms with Crippen molar-refractivity contribution in [3.8, 4) is 0 Å². The number of carboxylic acid groups (broad SMARTS) is 1. The number of H-pyrrole nitrogens is 1. The summed E-state index contributed by atoms with van der Waals surface area (Å²) in [7, 11) is 0. The zero-order chi connectivity index (χ0) is 9.26. The van der Waals surface area contributed by atoms with E-state index < -0.39 is 5.97 Å². The highest BCUT2D eigenvalue weighted by molar-refractivity contribution is 5.71. The molecule has 0 aliphatic carbocycles. The van der Waals surface area contributed by atoms with Crippen LogP contribution in [0.3, 0.4) is 0 Å². The van der Waals surface area contributed by atoms with Crippen molar-refractivity contribution in [1.29, 1.82) is 0 Å². The summed E-state index contributed by atoms with van der Waals surface area (Å²) in [5, 5.41) is 21.9. The van der Waals surface area contributed by atoms with E-state index in [0.717, 1.165) is 0 Å². The molecule has 7 nitrogen and oxygen atoms in total. The van der Waals surface area contributed by atoms with Gasteiger partial charge in [-0.3, -0.25) is 9.69 Å². The van der Waals surface area contributed by atoms with Gasteiger partial charge < -0.3 is 5.11 Å². The van der Waals surface area contributed by atoms with E-state index in [2.05, 4.69) is 20.6 Å². The Kier molecular flexibility index (Phi) is 1.93. The molecule has 1 saturated heterocycles. The van der Waals surface area contributed by atoms with Gasteiger partial charge in [0.25, 0.3) is 0 Å². The molecule has 1 aromatic rings. The van der Waals surface area contributed by atoms with Crippen LogP contribution in [0, 0.1) is 5.92 Å². The van der Waals surface area contributed by atoms with Gasteiger partial charge in [-0.1, -0.05) is 5.21 Å². The molecule has 1 aliphatic heterocycles. The van der Waals surface area contributed by atoms with Crippen LogP contribution < -0.4 is 0 Å². The fourth-order valence-electron chi connectivity index (χ4n) is 1.30. The molecule has 2 heterocycles. The standard InChI is InChI=1S/C6H9N5O2/c12-6(13)4-1-11(2-4)3-5-7-9-10-8-5/h4H,1-3H2,(H,12,13)(H,7,8,9,10). The molecule has 13 heavy (non-hydrogen) atoms. The Bertz CT molecular complexity index is 292. The van der Waals surface area contributed by atoms with Crippen LogP contribution in [0.1, 0.15) is 5.82 Å². The molecule has 0 bridgehead atoms. The number of aromatic nitrogens is 4. The van der Waals surface area contributed by atoms with Crippen molar-refractivity contribution < 1.29 is 9.90 Å². The van der Waals surface area contributed by atoms with Crippen molar-refractivity contribution in [3.05, 3.63) is 5.82 Å². The fourth-order valence-corrected chi connectivity index (χ4v) is 1.30. The van der Waals surface area contributed by atoms with E-state index in [9.17, 15) is 4.79 Å². The predicted molar refractivity (Wildman–Crippen MR) is 40.6 cm³/mol. The Morgan fingerprint density at radius 3 is 3.00 bits per heavy atom. The van der Waals surface area contributed by atoms with E-state index in [1.807, 2.05) is 4.90 Å². The second-order valence-electron chi connectivity index (χ2n) is 3.06. The van der Waals surface area contributed by atoms with Crippen molar-refractivity contribution in [1.82, 2.24) is 25.5 Å². The average molecular weight is 183 g/mol. The third kappa shape index (κ3) is 1.64. The first-order valence-corrected chi connectivity index (χ1v) is 3.93. The van der Waals surface area contributed by atoms with Gasteiger partial charge in [-0.05, 0) is 0 Å². The minimum atomic E-state index is -0.732. The Morgan fingerprint density at radius 1 is 1.69 bits per heavy atom. The highest BCUT2D eigenvalue weighted by Crippen LogP contribution is 2.16. The summed E-state index contributed by atoms with van der Waals surface area (Å²) in [4.78, 5) is 12.4. The van der Waals surface area contributed by atoms with E-state index in [1.165, 1.54) is 0 Å². The minimum absolute atomic E-state index is 0.230. The molecule has 0 amide bonds. The summed E-state index contributed by atoms with van der Waals surface area (Å²) in [6, 6.07) is 0. The molecule has 0 radical (unpaired) electrons. The van der Waals surface area contributed by atoms with Gasteiger partial charge in [0.15, 0.2) is 5.82 Å². The smallest absolute Gasteiger partial charge is 0.309 e. The Labute approximate surface area is 73.7 Å². The maximum atomic E-state index is 10.5. The van der Waals surface area contributed by atoms with Gasteiger partial charge in [-0.25, -0.2) is 0 Å². The third-order valence-corrected chi connectivity index (χ3v) is 2.06. The molecule has 0 spiro atoms. The van der Waals surface area contributed by atoms with Crippen LogP contribution in [0.15, 0.2) is 0 Å². The van der Waals surface area contributed by atoms with Crippen LogP contribution >= 0.6 is 0 Å². The SMILES string of the molecule is O=C(O)C1CN(Cc2nn[nH]n2)C1. The van der Waals surface area contributed by atoms with Crippen molar-refractivity contribution in [2.24, 2.45) is 5.92 Å². The number of likely N-dealkylation sites (tertiary alicyclic amines) is 1.